The first kappa shape index (κ1) is 25.1. The minimum absolute atomic E-state index is 0.164. The molecule has 1 aromatic heterocycles. The Morgan fingerprint density at radius 3 is 2.45 bits per heavy atom. The van der Waals surface area contributed by atoms with Gasteiger partial charge in [0.2, 0.25) is 0 Å². The number of esters is 2. The van der Waals surface area contributed by atoms with E-state index in [1.807, 2.05) is 6.26 Å². The van der Waals surface area contributed by atoms with Gasteiger partial charge in [0.25, 0.3) is 5.91 Å². The number of anilines is 1. The minimum atomic E-state index is -0.723. The normalized spacial score (nSPS) is 10.5. The third-order valence-corrected chi connectivity index (χ3v) is 6.70. The van der Waals surface area contributed by atoms with Gasteiger partial charge in [0.05, 0.1) is 17.2 Å². The van der Waals surface area contributed by atoms with Gasteiger partial charge in [-0.25, -0.2) is 9.59 Å². The molecule has 1 amide bonds. The highest BCUT2D eigenvalue weighted by Crippen LogP contribution is 2.39. The fourth-order valence-electron chi connectivity index (χ4n) is 2.89. The molecule has 0 unspecified atom stereocenters. The van der Waals surface area contributed by atoms with Crippen molar-refractivity contribution in [2.24, 2.45) is 0 Å². The highest BCUT2D eigenvalue weighted by molar-refractivity contribution is 7.98. The molecule has 6 nitrogen and oxygen atoms in total. The van der Waals surface area contributed by atoms with Crippen molar-refractivity contribution in [2.75, 3.05) is 24.8 Å². The number of hydrogen-bond donors (Lipinski definition) is 1. The second-order valence-electron chi connectivity index (χ2n) is 6.52. The zero-order valence-corrected chi connectivity index (χ0v) is 20.8. The summed E-state index contributed by atoms with van der Waals surface area (Å²) in [7, 11) is 0. The fourth-order valence-corrected chi connectivity index (χ4v) is 4.73. The largest absolute Gasteiger partial charge is 0.462 e. The van der Waals surface area contributed by atoms with Crippen molar-refractivity contribution in [2.45, 2.75) is 11.8 Å². The van der Waals surface area contributed by atoms with E-state index in [4.69, 9.17) is 32.7 Å². The average Bonchev–Trinajstić information content (AvgIpc) is 3.21. The Bertz CT molecular complexity index is 1200. The van der Waals surface area contributed by atoms with Crippen LogP contribution in [-0.4, -0.2) is 37.3 Å². The molecule has 0 aliphatic rings. The molecule has 0 aliphatic carbocycles. The number of amides is 1. The summed E-state index contributed by atoms with van der Waals surface area (Å²) in [6.45, 7) is 1.30. The van der Waals surface area contributed by atoms with E-state index in [0.29, 0.717) is 16.1 Å². The highest BCUT2D eigenvalue weighted by atomic mass is 35.5. The van der Waals surface area contributed by atoms with Crippen molar-refractivity contribution in [3.63, 3.8) is 0 Å². The van der Waals surface area contributed by atoms with E-state index in [1.165, 1.54) is 11.8 Å². The van der Waals surface area contributed by atoms with Crippen LogP contribution in [0, 0.1) is 0 Å². The number of nitrogens with one attached hydrogen (secondary N) is 1. The maximum atomic E-state index is 12.7. The summed E-state index contributed by atoms with van der Waals surface area (Å²) < 4.78 is 10.3. The third kappa shape index (κ3) is 6.09. The van der Waals surface area contributed by atoms with Crippen LogP contribution in [0.4, 0.5) is 5.00 Å². The Balaban J connectivity index is 1.77. The zero-order chi connectivity index (χ0) is 24.0. The maximum Gasteiger partial charge on any atom is 0.341 e. The predicted molar refractivity (Wildman–Crippen MR) is 133 cm³/mol. The second-order valence-corrected chi connectivity index (χ2v) is 9.10. The smallest absolute Gasteiger partial charge is 0.341 e. The van der Waals surface area contributed by atoms with Crippen LogP contribution >= 0.6 is 46.3 Å². The van der Waals surface area contributed by atoms with Crippen molar-refractivity contribution in [1.82, 2.24) is 0 Å². The van der Waals surface area contributed by atoms with Gasteiger partial charge >= 0.3 is 11.9 Å². The van der Waals surface area contributed by atoms with Crippen LogP contribution in [0.1, 0.15) is 27.6 Å². The molecule has 2 aromatic carbocycles. The molecule has 172 valence electrons. The van der Waals surface area contributed by atoms with E-state index in [-0.39, 0.29) is 27.8 Å². The highest BCUT2D eigenvalue weighted by Gasteiger charge is 2.24. The van der Waals surface area contributed by atoms with Gasteiger partial charge in [-0.05, 0) is 37.4 Å². The minimum Gasteiger partial charge on any atom is -0.462 e. The molecule has 1 heterocycles. The first-order chi connectivity index (χ1) is 15.8. The summed E-state index contributed by atoms with van der Waals surface area (Å²) in [4.78, 5) is 38.4. The van der Waals surface area contributed by atoms with E-state index in [9.17, 15) is 14.4 Å². The topological polar surface area (TPSA) is 81.7 Å². The molecule has 0 spiro atoms. The summed E-state index contributed by atoms with van der Waals surface area (Å²) in [6, 6.07) is 12.0. The van der Waals surface area contributed by atoms with Gasteiger partial charge in [-0.15, -0.1) is 23.1 Å². The van der Waals surface area contributed by atoms with Crippen molar-refractivity contribution in [1.29, 1.82) is 0 Å². The Kier molecular flexibility index (Phi) is 8.80. The Labute approximate surface area is 209 Å². The zero-order valence-electron chi connectivity index (χ0n) is 17.6. The molecule has 0 saturated heterocycles. The molecule has 0 atom stereocenters. The molecule has 1 N–H and O–H groups in total. The predicted octanol–water partition coefficient (Wildman–Crippen LogP) is 6.42. The lowest BCUT2D eigenvalue weighted by atomic mass is 10.0. The first-order valence-corrected chi connectivity index (χ1v) is 12.6. The van der Waals surface area contributed by atoms with E-state index in [0.717, 1.165) is 16.2 Å². The van der Waals surface area contributed by atoms with Gasteiger partial charge in [-0.1, -0.05) is 41.4 Å². The molecule has 0 saturated carbocycles. The quantitative estimate of drug-likeness (QED) is 0.271. The number of benzene rings is 2. The molecular formula is C23H19Cl2NO5S2. The van der Waals surface area contributed by atoms with E-state index >= 15 is 0 Å². The summed E-state index contributed by atoms with van der Waals surface area (Å²) in [5.74, 6) is -1.93. The summed E-state index contributed by atoms with van der Waals surface area (Å²) in [5.41, 5.74) is 1.52. The van der Waals surface area contributed by atoms with Crippen LogP contribution in [0.15, 0.2) is 52.7 Å². The molecule has 0 radical (unpaired) electrons. The van der Waals surface area contributed by atoms with Crippen molar-refractivity contribution in [3.8, 4) is 11.1 Å². The van der Waals surface area contributed by atoms with E-state index < -0.39 is 24.5 Å². The number of thiophene rings is 1. The Morgan fingerprint density at radius 2 is 1.76 bits per heavy atom. The van der Waals surface area contributed by atoms with Gasteiger partial charge in [0, 0.05) is 26.4 Å². The number of ether oxygens (including phenoxy) is 2. The SMILES string of the molecule is CCOC(=O)c1c(-c2ccccc2Cl)csc1NC(=O)COC(=O)c1cc(SC)ccc1Cl. The standard InChI is InChI=1S/C23H19Cl2NO5S2/c1-3-30-23(29)20-16(14-6-4-5-7-17(14)24)12-33-21(20)26-19(27)11-31-22(28)15-10-13(32-2)8-9-18(15)25/h4-10,12H,3,11H2,1-2H3,(H,26,27). The van der Waals surface area contributed by atoms with Crippen molar-refractivity contribution >= 4 is 69.1 Å². The molecule has 0 bridgehead atoms. The van der Waals surface area contributed by atoms with E-state index in [2.05, 4.69) is 5.32 Å². The maximum absolute atomic E-state index is 12.7. The fraction of sp³-hybridized carbons (Fsp3) is 0.174. The van der Waals surface area contributed by atoms with Gasteiger partial charge in [-0.3, -0.25) is 4.79 Å². The molecule has 10 heteroatoms. The Morgan fingerprint density at radius 1 is 1.00 bits per heavy atom. The van der Waals surface area contributed by atoms with Crippen molar-refractivity contribution in [3.05, 3.63) is 69.0 Å². The van der Waals surface area contributed by atoms with Gasteiger partial charge < -0.3 is 14.8 Å². The lowest BCUT2D eigenvalue weighted by Crippen LogP contribution is -2.22. The van der Waals surface area contributed by atoms with Gasteiger partial charge in [-0.2, -0.15) is 0 Å². The second kappa shape index (κ2) is 11.6. The van der Waals surface area contributed by atoms with Crippen LogP contribution in [0.5, 0.6) is 0 Å². The molecule has 33 heavy (non-hydrogen) atoms. The van der Waals surface area contributed by atoms with Crippen LogP contribution < -0.4 is 5.32 Å². The molecular weight excluding hydrogens is 505 g/mol. The average molecular weight is 524 g/mol. The summed E-state index contributed by atoms with van der Waals surface area (Å²) >= 11 is 15.0. The first-order valence-electron chi connectivity index (χ1n) is 9.69. The number of carbonyl (C=O) groups excluding carboxylic acids is 3. The number of rotatable bonds is 8. The van der Waals surface area contributed by atoms with E-state index in [1.54, 1.807) is 54.8 Å². The number of hydrogen-bond acceptors (Lipinski definition) is 7. The monoisotopic (exact) mass is 523 g/mol. The molecule has 3 rings (SSSR count). The lowest BCUT2D eigenvalue weighted by molar-refractivity contribution is -0.119. The molecule has 3 aromatic rings. The third-order valence-electron chi connectivity index (χ3n) is 4.42. The van der Waals surface area contributed by atoms with Crippen molar-refractivity contribution < 1.29 is 23.9 Å². The number of thioether (sulfide) groups is 1. The van der Waals surface area contributed by atoms with Crippen LogP contribution in [0.2, 0.25) is 10.0 Å². The lowest BCUT2D eigenvalue weighted by Gasteiger charge is -2.10. The van der Waals surface area contributed by atoms with Gasteiger partial charge in [0.1, 0.15) is 10.6 Å². The molecule has 0 fully saturated rings. The summed E-state index contributed by atoms with van der Waals surface area (Å²) in [5, 5.41) is 5.29. The van der Waals surface area contributed by atoms with Gasteiger partial charge in [0.15, 0.2) is 6.61 Å². The number of carbonyl (C=O) groups is 3. The van der Waals surface area contributed by atoms with Crippen LogP contribution in [0.3, 0.4) is 0 Å². The number of halogens is 2. The van der Waals surface area contributed by atoms with Crippen LogP contribution in [-0.2, 0) is 14.3 Å². The Hall–Kier alpha value is -2.52. The molecule has 0 aliphatic heterocycles. The van der Waals surface area contributed by atoms with Crippen LogP contribution in [0.25, 0.3) is 11.1 Å². The summed E-state index contributed by atoms with van der Waals surface area (Å²) in [6.07, 6.45) is 1.87.